The van der Waals surface area contributed by atoms with Crippen LogP contribution in [0.1, 0.15) is 34.5 Å². The standard InChI is InChI=1S/C20H16BrF3N2O3/c1-2-26-19(17(21)11-25-26)18(27)9-8-14-6-7-16(29-14)12-28-15-5-3-4-13(10-15)20(22,23)24/h3-11H,2,12H2,1H3/b9-8+. The molecule has 2 heterocycles. The lowest BCUT2D eigenvalue weighted by molar-refractivity contribution is -0.137. The molecule has 5 nitrogen and oxygen atoms in total. The lowest BCUT2D eigenvalue weighted by Crippen LogP contribution is -2.07. The predicted octanol–water partition coefficient (Wildman–Crippen LogP) is 5.75. The second kappa shape index (κ2) is 8.69. The van der Waals surface area contributed by atoms with E-state index >= 15 is 0 Å². The summed E-state index contributed by atoms with van der Waals surface area (Å²) in [5.74, 6) is 0.671. The van der Waals surface area contributed by atoms with Crippen molar-refractivity contribution < 1.29 is 27.1 Å². The Morgan fingerprint density at radius 1 is 1.31 bits per heavy atom. The van der Waals surface area contributed by atoms with Gasteiger partial charge >= 0.3 is 6.18 Å². The Morgan fingerprint density at radius 2 is 2.10 bits per heavy atom. The number of ketones is 1. The molecule has 0 aliphatic heterocycles. The van der Waals surface area contributed by atoms with E-state index in [2.05, 4.69) is 21.0 Å². The largest absolute Gasteiger partial charge is 0.486 e. The SMILES string of the molecule is CCn1ncc(Br)c1C(=O)/C=C/c1ccc(COc2cccc(C(F)(F)F)c2)o1. The number of aromatic nitrogens is 2. The first-order valence-electron chi connectivity index (χ1n) is 8.60. The van der Waals surface area contributed by atoms with Gasteiger partial charge in [-0.05, 0) is 65.3 Å². The van der Waals surface area contributed by atoms with Gasteiger partial charge in [0.2, 0.25) is 5.78 Å². The fraction of sp³-hybridized carbons (Fsp3) is 0.200. The van der Waals surface area contributed by atoms with E-state index in [1.54, 1.807) is 23.0 Å². The van der Waals surface area contributed by atoms with Crippen LogP contribution in [0.2, 0.25) is 0 Å². The first-order valence-corrected chi connectivity index (χ1v) is 9.39. The number of halogens is 4. The average Bonchev–Trinajstić information content (AvgIpc) is 3.30. The molecule has 0 saturated heterocycles. The average molecular weight is 469 g/mol. The Morgan fingerprint density at radius 3 is 2.83 bits per heavy atom. The molecule has 9 heteroatoms. The molecule has 0 amide bonds. The number of ether oxygens (including phenoxy) is 1. The van der Waals surface area contributed by atoms with Crippen LogP contribution in [0, 0.1) is 0 Å². The molecular weight excluding hydrogens is 453 g/mol. The normalized spacial score (nSPS) is 11.9. The number of furan rings is 1. The fourth-order valence-corrected chi connectivity index (χ4v) is 3.05. The molecule has 0 spiro atoms. The molecule has 152 valence electrons. The van der Waals surface area contributed by atoms with Crippen molar-refractivity contribution in [3.8, 4) is 5.75 Å². The van der Waals surface area contributed by atoms with Gasteiger partial charge in [-0.2, -0.15) is 18.3 Å². The summed E-state index contributed by atoms with van der Waals surface area (Å²) in [6.07, 6.45) is -0.00283. The Labute approximate surface area is 172 Å². The number of nitrogens with zero attached hydrogens (tertiary/aromatic N) is 2. The van der Waals surface area contributed by atoms with Crippen LogP contribution in [0.25, 0.3) is 6.08 Å². The molecule has 0 saturated carbocycles. The minimum atomic E-state index is -4.43. The minimum Gasteiger partial charge on any atom is -0.486 e. The molecule has 0 N–H and O–H groups in total. The van der Waals surface area contributed by atoms with Gasteiger partial charge < -0.3 is 9.15 Å². The van der Waals surface area contributed by atoms with E-state index in [1.807, 2.05) is 6.92 Å². The Hall–Kier alpha value is -2.81. The summed E-state index contributed by atoms with van der Waals surface area (Å²) in [7, 11) is 0. The monoisotopic (exact) mass is 468 g/mol. The quantitative estimate of drug-likeness (QED) is 0.327. The molecular formula is C20H16BrF3N2O3. The van der Waals surface area contributed by atoms with Crippen molar-refractivity contribution in [2.24, 2.45) is 0 Å². The molecule has 29 heavy (non-hydrogen) atoms. The molecule has 3 aromatic rings. The molecule has 3 rings (SSSR count). The summed E-state index contributed by atoms with van der Waals surface area (Å²) in [5.41, 5.74) is -0.350. The number of alkyl halides is 3. The van der Waals surface area contributed by atoms with Crippen molar-refractivity contribution in [2.45, 2.75) is 26.3 Å². The van der Waals surface area contributed by atoms with E-state index in [9.17, 15) is 18.0 Å². The highest BCUT2D eigenvalue weighted by molar-refractivity contribution is 9.10. The highest BCUT2D eigenvalue weighted by Gasteiger charge is 2.30. The molecule has 0 unspecified atom stereocenters. The second-order valence-electron chi connectivity index (χ2n) is 5.97. The summed E-state index contributed by atoms with van der Waals surface area (Å²) in [4.78, 5) is 12.4. The Balaban J connectivity index is 1.63. The molecule has 0 aliphatic rings. The van der Waals surface area contributed by atoms with E-state index in [0.717, 1.165) is 12.1 Å². The zero-order valence-electron chi connectivity index (χ0n) is 15.2. The molecule has 1 aromatic carbocycles. The van der Waals surface area contributed by atoms with E-state index in [-0.39, 0.29) is 18.1 Å². The van der Waals surface area contributed by atoms with Crippen molar-refractivity contribution in [1.29, 1.82) is 0 Å². The summed E-state index contributed by atoms with van der Waals surface area (Å²) < 4.78 is 51.3. The van der Waals surface area contributed by atoms with Crippen LogP contribution in [0.4, 0.5) is 13.2 Å². The first kappa shape index (κ1) is 20.9. The van der Waals surface area contributed by atoms with Gasteiger partial charge in [-0.3, -0.25) is 9.48 Å². The Kier molecular flexibility index (Phi) is 6.26. The summed E-state index contributed by atoms with van der Waals surface area (Å²) in [6, 6.07) is 7.88. The second-order valence-corrected chi connectivity index (χ2v) is 6.83. The lowest BCUT2D eigenvalue weighted by Gasteiger charge is -2.09. The van der Waals surface area contributed by atoms with Crippen LogP contribution in [0.15, 0.2) is 57.6 Å². The van der Waals surface area contributed by atoms with Crippen LogP contribution < -0.4 is 4.74 Å². The van der Waals surface area contributed by atoms with Gasteiger partial charge in [-0.1, -0.05) is 6.07 Å². The number of rotatable bonds is 7. The molecule has 2 aromatic heterocycles. The smallest absolute Gasteiger partial charge is 0.416 e. The number of hydrogen-bond donors (Lipinski definition) is 0. The first-order chi connectivity index (χ1) is 13.8. The number of carbonyl (C=O) groups excluding carboxylic acids is 1. The maximum atomic E-state index is 12.7. The van der Waals surface area contributed by atoms with Gasteiger partial charge in [-0.15, -0.1) is 0 Å². The number of aryl methyl sites for hydroxylation is 1. The third kappa shape index (κ3) is 5.17. The zero-order chi connectivity index (χ0) is 21.0. The molecule has 0 aliphatic carbocycles. The minimum absolute atomic E-state index is 0.0444. The summed E-state index contributed by atoms with van der Waals surface area (Å²) >= 11 is 3.30. The highest BCUT2D eigenvalue weighted by atomic mass is 79.9. The third-order valence-electron chi connectivity index (χ3n) is 3.95. The molecule has 0 bridgehead atoms. The molecule has 0 atom stereocenters. The maximum Gasteiger partial charge on any atom is 0.416 e. The van der Waals surface area contributed by atoms with Gasteiger partial charge in [0.15, 0.2) is 0 Å². The zero-order valence-corrected chi connectivity index (χ0v) is 16.8. The number of hydrogen-bond acceptors (Lipinski definition) is 4. The van der Waals surface area contributed by atoms with Crippen LogP contribution in [-0.2, 0) is 19.3 Å². The number of carbonyl (C=O) groups is 1. The van der Waals surface area contributed by atoms with Gasteiger partial charge in [-0.25, -0.2) is 0 Å². The predicted molar refractivity (Wildman–Crippen MR) is 103 cm³/mol. The molecule has 0 radical (unpaired) electrons. The van der Waals surface area contributed by atoms with Crippen molar-refractivity contribution >= 4 is 27.8 Å². The van der Waals surface area contributed by atoms with Gasteiger partial charge in [0.1, 0.15) is 29.6 Å². The lowest BCUT2D eigenvalue weighted by atomic mass is 10.2. The van der Waals surface area contributed by atoms with Crippen LogP contribution in [-0.4, -0.2) is 15.6 Å². The van der Waals surface area contributed by atoms with Gasteiger partial charge in [0.05, 0.1) is 16.2 Å². The van der Waals surface area contributed by atoms with Crippen molar-refractivity contribution in [2.75, 3.05) is 0 Å². The Bertz CT molecular complexity index is 1040. The van der Waals surface area contributed by atoms with E-state index in [4.69, 9.17) is 9.15 Å². The van der Waals surface area contributed by atoms with E-state index in [1.165, 1.54) is 24.3 Å². The number of benzene rings is 1. The topological polar surface area (TPSA) is 57.3 Å². The fourth-order valence-electron chi connectivity index (χ4n) is 2.56. The summed E-state index contributed by atoms with van der Waals surface area (Å²) in [6.45, 7) is 2.39. The van der Waals surface area contributed by atoms with Crippen LogP contribution >= 0.6 is 15.9 Å². The third-order valence-corrected chi connectivity index (χ3v) is 4.53. The summed E-state index contributed by atoms with van der Waals surface area (Å²) in [5, 5.41) is 4.09. The van der Waals surface area contributed by atoms with Gasteiger partial charge in [0.25, 0.3) is 0 Å². The van der Waals surface area contributed by atoms with Crippen molar-refractivity contribution in [1.82, 2.24) is 9.78 Å². The molecule has 0 fully saturated rings. The van der Waals surface area contributed by atoms with Crippen molar-refractivity contribution in [3.05, 3.63) is 75.9 Å². The van der Waals surface area contributed by atoms with E-state index < -0.39 is 11.7 Å². The highest BCUT2D eigenvalue weighted by Crippen LogP contribution is 2.31. The van der Waals surface area contributed by atoms with Crippen LogP contribution in [0.5, 0.6) is 5.75 Å². The maximum absolute atomic E-state index is 12.7. The van der Waals surface area contributed by atoms with Crippen LogP contribution in [0.3, 0.4) is 0 Å². The van der Waals surface area contributed by atoms with Crippen molar-refractivity contribution in [3.63, 3.8) is 0 Å². The van der Waals surface area contributed by atoms with E-state index in [0.29, 0.717) is 28.2 Å². The van der Waals surface area contributed by atoms with Gasteiger partial charge in [0, 0.05) is 6.54 Å². The number of allylic oxidation sites excluding steroid dienone is 1.